The van der Waals surface area contributed by atoms with Crippen molar-refractivity contribution < 1.29 is 18.4 Å². The zero-order chi connectivity index (χ0) is 15.4. The van der Waals surface area contributed by atoms with Gasteiger partial charge < -0.3 is 14.0 Å². The van der Waals surface area contributed by atoms with Crippen LogP contribution in [0.5, 0.6) is 5.75 Å². The van der Waals surface area contributed by atoms with E-state index in [2.05, 4.69) is 0 Å². The summed E-state index contributed by atoms with van der Waals surface area (Å²) in [6.45, 7) is 9.80. The van der Waals surface area contributed by atoms with Gasteiger partial charge in [-0.15, -0.1) is 0 Å². The molecule has 114 valence electrons. The SMILES string of the molecule is CC1CCc2ccc(B3OC(C)(C)C(C)(C)O3)c(F)c2O1. The van der Waals surface area contributed by atoms with Gasteiger partial charge in [-0.1, -0.05) is 12.1 Å². The molecule has 0 spiro atoms. The number of fused-ring (bicyclic) bond motifs is 1. The van der Waals surface area contributed by atoms with Crippen LogP contribution in [0.1, 0.15) is 46.6 Å². The molecule has 2 aliphatic rings. The Morgan fingerprint density at radius 3 is 2.38 bits per heavy atom. The van der Waals surface area contributed by atoms with Crippen molar-refractivity contribution in [1.82, 2.24) is 0 Å². The number of aryl methyl sites for hydroxylation is 1. The topological polar surface area (TPSA) is 27.7 Å². The van der Waals surface area contributed by atoms with E-state index in [-0.39, 0.29) is 11.9 Å². The third-order valence-corrected chi connectivity index (χ3v) is 4.85. The molecule has 1 aromatic rings. The van der Waals surface area contributed by atoms with Crippen molar-refractivity contribution in [2.75, 3.05) is 0 Å². The molecule has 0 aromatic heterocycles. The summed E-state index contributed by atoms with van der Waals surface area (Å²) < 4.78 is 32.3. The van der Waals surface area contributed by atoms with Crippen molar-refractivity contribution in [3.05, 3.63) is 23.5 Å². The molecule has 1 saturated heterocycles. The number of benzene rings is 1. The van der Waals surface area contributed by atoms with E-state index in [1.54, 1.807) is 6.07 Å². The molecule has 1 fully saturated rings. The Balaban J connectivity index is 1.96. The van der Waals surface area contributed by atoms with Crippen LogP contribution >= 0.6 is 0 Å². The molecular formula is C16H22BFO3. The average Bonchev–Trinajstić information content (AvgIpc) is 2.59. The zero-order valence-corrected chi connectivity index (χ0v) is 13.3. The van der Waals surface area contributed by atoms with Crippen LogP contribution in [0, 0.1) is 5.82 Å². The molecule has 2 aliphatic heterocycles. The monoisotopic (exact) mass is 292 g/mol. The lowest BCUT2D eigenvalue weighted by atomic mass is 9.77. The number of halogens is 1. The summed E-state index contributed by atoms with van der Waals surface area (Å²) in [4.78, 5) is 0. The van der Waals surface area contributed by atoms with Crippen LogP contribution in [-0.4, -0.2) is 24.4 Å². The van der Waals surface area contributed by atoms with Gasteiger partial charge in [-0.2, -0.15) is 0 Å². The van der Waals surface area contributed by atoms with E-state index in [1.807, 2.05) is 40.7 Å². The van der Waals surface area contributed by atoms with Crippen molar-refractivity contribution in [1.29, 1.82) is 0 Å². The van der Waals surface area contributed by atoms with E-state index < -0.39 is 18.3 Å². The summed E-state index contributed by atoms with van der Waals surface area (Å²) in [5, 5.41) is 0. The normalized spacial score (nSPS) is 26.4. The molecule has 1 aromatic carbocycles. The first-order chi connectivity index (χ1) is 9.71. The molecule has 0 radical (unpaired) electrons. The fourth-order valence-electron chi connectivity index (χ4n) is 2.71. The molecule has 0 bridgehead atoms. The van der Waals surface area contributed by atoms with E-state index in [0.29, 0.717) is 11.2 Å². The quantitative estimate of drug-likeness (QED) is 0.745. The van der Waals surface area contributed by atoms with Crippen molar-refractivity contribution in [2.45, 2.75) is 64.8 Å². The van der Waals surface area contributed by atoms with E-state index in [4.69, 9.17) is 14.0 Å². The van der Waals surface area contributed by atoms with Crippen LogP contribution < -0.4 is 10.2 Å². The zero-order valence-electron chi connectivity index (χ0n) is 13.3. The van der Waals surface area contributed by atoms with Crippen molar-refractivity contribution in [2.24, 2.45) is 0 Å². The Morgan fingerprint density at radius 2 is 1.76 bits per heavy atom. The van der Waals surface area contributed by atoms with Crippen molar-refractivity contribution in [3.8, 4) is 5.75 Å². The van der Waals surface area contributed by atoms with Crippen LogP contribution in [0.25, 0.3) is 0 Å². The predicted octanol–water partition coefficient (Wildman–Crippen LogP) is 2.84. The van der Waals surface area contributed by atoms with Crippen LogP contribution in [0.2, 0.25) is 0 Å². The Bertz CT molecular complexity index is 555. The third-order valence-electron chi connectivity index (χ3n) is 4.85. The molecule has 3 rings (SSSR count). The van der Waals surface area contributed by atoms with Gasteiger partial charge in [0, 0.05) is 5.46 Å². The van der Waals surface area contributed by atoms with E-state index in [9.17, 15) is 4.39 Å². The predicted molar refractivity (Wildman–Crippen MR) is 80.5 cm³/mol. The summed E-state index contributed by atoms with van der Waals surface area (Å²) in [6, 6.07) is 3.68. The Kier molecular flexibility index (Phi) is 3.34. The smallest absolute Gasteiger partial charge is 0.487 e. The third kappa shape index (κ3) is 2.36. The van der Waals surface area contributed by atoms with Gasteiger partial charge in [-0.25, -0.2) is 4.39 Å². The molecule has 0 N–H and O–H groups in total. The number of rotatable bonds is 1. The second-order valence-electron chi connectivity index (χ2n) is 7.01. The highest BCUT2D eigenvalue weighted by atomic mass is 19.1. The maximum atomic E-state index is 14.8. The van der Waals surface area contributed by atoms with E-state index in [1.165, 1.54) is 0 Å². The van der Waals surface area contributed by atoms with Gasteiger partial charge in [0.1, 0.15) is 0 Å². The number of hydrogen-bond acceptors (Lipinski definition) is 3. The minimum Gasteiger partial charge on any atom is -0.487 e. The largest absolute Gasteiger partial charge is 0.497 e. The lowest BCUT2D eigenvalue weighted by Gasteiger charge is -2.32. The fraction of sp³-hybridized carbons (Fsp3) is 0.625. The number of hydrogen-bond donors (Lipinski definition) is 0. The minimum atomic E-state index is -0.693. The summed E-state index contributed by atoms with van der Waals surface area (Å²) in [5.41, 5.74) is 0.384. The van der Waals surface area contributed by atoms with Crippen LogP contribution in [0.3, 0.4) is 0 Å². The summed E-state index contributed by atoms with van der Waals surface area (Å²) in [5.74, 6) is 0.0125. The average molecular weight is 292 g/mol. The summed E-state index contributed by atoms with van der Waals surface area (Å²) in [7, 11) is -0.693. The van der Waals surface area contributed by atoms with Gasteiger partial charge in [-0.05, 0) is 53.0 Å². The van der Waals surface area contributed by atoms with Gasteiger partial charge in [0.2, 0.25) is 0 Å². The van der Waals surface area contributed by atoms with Crippen LogP contribution in [0.4, 0.5) is 4.39 Å². The lowest BCUT2D eigenvalue weighted by Crippen LogP contribution is -2.41. The van der Waals surface area contributed by atoms with Gasteiger partial charge in [0.25, 0.3) is 0 Å². The Morgan fingerprint density at radius 1 is 1.14 bits per heavy atom. The molecule has 0 aliphatic carbocycles. The molecular weight excluding hydrogens is 270 g/mol. The highest BCUT2D eigenvalue weighted by molar-refractivity contribution is 6.62. The highest BCUT2D eigenvalue weighted by Gasteiger charge is 2.52. The molecule has 1 atom stereocenters. The molecule has 2 heterocycles. The second-order valence-corrected chi connectivity index (χ2v) is 7.01. The van der Waals surface area contributed by atoms with E-state index >= 15 is 0 Å². The highest BCUT2D eigenvalue weighted by Crippen LogP contribution is 2.38. The molecule has 5 heteroatoms. The minimum absolute atomic E-state index is 0.0422. The summed E-state index contributed by atoms with van der Waals surface area (Å²) >= 11 is 0. The van der Waals surface area contributed by atoms with E-state index in [0.717, 1.165) is 18.4 Å². The molecule has 0 saturated carbocycles. The first kappa shape index (κ1) is 14.9. The number of ether oxygens (including phenoxy) is 1. The lowest BCUT2D eigenvalue weighted by molar-refractivity contribution is 0.00578. The van der Waals surface area contributed by atoms with Gasteiger partial charge in [0.05, 0.1) is 17.3 Å². The first-order valence-electron chi connectivity index (χ1n) is 7.55. The second kappa shape index (κ2) is 4.72. The van der Waals surface area contributed by atoms with Gasteiger partial charge in [0.15, 0.2) is 11.6 Å². The Labute approximate surface area is 125 Å². The maximum absolute atomic E-state index is 14.8. The molecule has 3 nitrogen and oxygen atoms in total. The standard InChI is InChI=1S/C16H22BFO3/c1-10-6-7-11-8-9-12(13(18)14(11)19-10)17-20-15(2,3)16(4,5)21-17/h8-10H,6-7H2,1-5H3. The van der Waals surface area contributed by atoms with Gasteiger partial charge in [-0.3, -0.25) is 0 Å². The van der Waals surface area contributed by atoms with Crippen molar-refractivity contribution >= 4 is 12.6 Å². The molecule has 1 unspecified atom stereocenters. The first-order valence-corrected chi connectivity index (χ1v) is 7.55. The van der Waals surface area contributed by atoms with Crippen LogP contribution in [0.15, 0.2) is 12.1 Å². The summed E-state index contributed by atoms with van der Waals surface area (Å²) in [6.07, 6.45) is 1.81. The maximum Gasteiger partial charge on any atom is 0.497 e. The molecule has 21 heavy (non-hydrogen) atoms. The van der Waals surface area contributed by atoms with Crippen molar-refractivity contribution in [3.63, 3.8) is 0 Å². The molecule has 0 amide bonds. The fourth-order valence-corrected chi connectivity index (χ4v) is 2.71. The van der Waals surface area contributed by atoms with Crippen LogP contribution in [-0.2, 0) is 15.7 Å². The Hall–Kier alpha value is -1.07. The van der Waals surface area contributed by atoms with Gasteiger partial charge >= 0.3 is 7.12 Å².